The normalized spacial score (nSPS) is 10.7. The van der Waals surface area contributed by atoms with Gasteiger partial charge < -0.3 is 5.32 Å². The van der Waals surface area contributed by atoms with Gasteiger partial charge in [-0.05, 0) is 30.7 Å². The number of benzene rings is 1. The van der Waals surface area contributed by atoms with Crippen LogP contribution < -0.4 is 10.9 Å². The van der Waals surface area contributed by atoms with E-state index in [1.54, 1.807) is 12.3 Å². The number of amides is 1. The molecule has 0 aliphatic carbocycles. The Hall–Kier alpha value is -3.02. The molecule has 24 heavy (non-hydrogen) atoms. The van der Waals surface area contributed by atoms with E-state index in [0.29, 0.717) is 24.0 Å². The van der Waals surface area contributed by atoms with Crippen molar-refractivity contribution in [2.24, 2.45) is 0 Å². The lowest BCUT2D eigenvalue weighted by Gasteiger charge is -2.08. The van der Waals surface area contributed by atoms with Gasteiger partial charge in [0.2, 0.25) is 5.91 Å². The number of nitrogens with zero attached hydrogens (tertiary/aromatic N) is 3. The van der Waals surface area contributed by atoms with E-state index in [-0.39, 0.29) is 17.9 Å². The molecular weight excluding hydrogens is 304 g/mol. The number of para-hydroxylation sites is 1. The van der Waals surface area contributed by atoms with Crippen molar-refractivity contribution in [1.29, 1.82) is 0 Å². The third kappa shape index (κ3) is 3.48. The zero-order valence-electron chi connectivity index (χ0n) is 13.4. The number of carbonyl (C=O) groups is 1. The van der Waals surface area contributed by atoms with E-state index in [9.17, 15) is 9.59 Å². The summed E-state index contributed by atoms with van der Waals surface area (Å²) in [4.78, 5) is 32.9. The van der Waals surface area contributed by atoms with Crippen LogP contribution in [0.4, 0.5) is 0 Å². The molecule has 1 amide bonds. The number of nitrogens with one attached hydrogen (secondary N) is 1. The fourth-order valence-electron chi connectivity index (χ4n) is 2.50. The monoisotopic (exact) mass is 322 g/mol. The average Bonchev–Trinajstić information content (AvgIpc) is 2.61. The predicted octanol–water partition coefficient (Wildman–Crippen LogP) is 1.81. The molecule has 1 N–H and O–H groups in total. The summed E-state index contributed by atoms with van der Waals surface area (Å²) in [6.45, 7) is 2.59. The van der Waals surface area contributed by atoms with Crippen LogP contribution in [0.2, 0.25) is 0 Å². The van der Waals surface area contributed by atoms with Crippen LogP contribution in [-0.4, -0.2) is 20.4 Å². The summed E-state index contributed by atoms with van der Waals surface area (Å²) >= 11 is 0. The quantitative estimate of drug-likeness (QED) is 0.777. The highest BCUT2D eigenvalue weighted by molar-refractivity contribution is 5.80. The molecule has 6 heteroatoms. The molecule has 6 nitrogen and oxygen atoms in total. The number of hydrogen-bond donors (Lipinski definition) is 1. The lowest BCUT2D eigenvalue weighted by atomic mass is 10.1. The van der Waals surface area contributed by atoms with Gasteiger partial charge in [0.05, 0.1) is 29.5 Å². The van der Waals surface area contributed by atoms with Gasteiger partial charge in [0, 0.05) is 19.2 Å². The second-order valence-electron chi connectivity index (χ2n) is 5.56. The topological polar surface area (TPSA) is 76.9 Å². The van der Waals surface area contributed by atoms with Crippen LogP contribution in [0.15, 0.2) is 53.7 Å². The van der Waals surface area contributed by atoms with E-state index < -0.39 is 0 Å². The third-order valence-electron chi connectivity index (χ3n) is 3.83. The standard InChI is InChI=1S/C18H18N4O2/c1-13-5-4-7-15-17(13)21-12-22(18(15)24)10-8-16(23)20-11-14-6-2-3-9-19-14/h2-7,9,12H,8,10-11H2,1H3,(H,20,23). The summed E-state index contributed by atoms with van der Waals surface area (Å²) in [7, 11) is 0. The molecular formula is C18H18N4O2. The molecule has 0 radical (unpaired) electrons. The number of rotatable bonds is 5. The van der Waals surface area contributed by atoms with Gasteiger partial charge in [-0.1, -0.05) is 18.2 Å². The van der Waals surface area contributed by atoms with Gasteiger partial charge in [-0.25, -0.2) is 4.98 Å². The van der Waals surface area contributed by atoms with Gasteiger partial charge in [-0.15, -0.1) is 0 Å². The van der Waals surface area contributed by atoms with Crippen LogP contribution in [0.25, 0.3) is 10.9 Å². The van der Waals surface area contributed by atoms with E-state index in [4.69, 9.17) is 0 Å². The highest BCUT2D eigenvalue weighted by Gasteiger charge is 2.08. The molecule has 0 bridgehead atoms. The smallest absolute Gasteiger partial charge is 0.261 e. The van der Waals surface area contributed by atoms with Crippen LogP contribution in [0.1, 0.15) is 17.7 Å². The molecule has 3 aromatic rings. The van der Waals surface area contributed by atoms with Gasteiger partial charge in [0.1, 0.15) is 0 Å². The lowest BCUT2D eigenvalue weighted by Crippen LogP contribution is -2.27. The predicted molar refractivity (Wildman–Crippen MR) is 91.4 cm³/mol. The zero-order chi connectivity index (χ0) is 16.9. The van der Waals surface area contributed by atoms with Crippen molar-refractivity contribution < 1.29 is 4.79 Å². The fraction of sp³-hybridized carbons (Fsp3) is 0.222. The first-order chi connectivity index (χ1) is 11.6. The maximum atomic E-state index is 12.5. The molecule has 0 saturated carbocycles. The number of hydrogen-bond acceptors (Lipinski definition) is 4. The second-order valence-corrected chi connectivity index (χ2v) is 5.56. The Bertz CT molecular complexity index is 919. The summed E-state index contributed by atoms with van der Waals surface area (Å²) < 4.78 is 1.47. The molecule has 0 fully saturated rings. The van der Waals surface area contributed by atoms with Crippen LogP contribution >= 0.6 is 0 Å². The summed E-state index contributed by atoms with van der Waals surface area (Å²) in [5.74, 6) is -0.128. The molecule has 0 aliphatic heterocycles. The number of fused-ring (bicyclic) bond motifs is 1. The Morgan fingerprint density at radius 2 is 2.04 bits per heavy atom. The van der Waals surface area contributed by atoms with E-state index >= 15 is 0 Å². The number of carbonyl (C=O) groups excluding carboxylic acids is 1. The Kier molecular flexibility index (Phi) is 4.65. The highest BCUT2D eigenvalue weighted by Crippen LogP contribution is 2.11. The van der Waals surface area contributed by atoms with Gasteiger partial charge in [-0.2, -0.15) is 0 Å². The lowest BCUT2D eigenvalue weighted by molar-refractivity contribution is -0.121. The largest absolute Gasteiger partial charge is 0.350 e. The minimum Gasteiger partial charge on any atom is -0.350 e. The molecule has 0 spiro atoms. The summed E-state index contributed by atoms with van der Waals surface area (Å²) in [5.41, 5.74) is 2.34. The van der Waals surface area contributed by atoms with Crippen LogP contribution in [0, 0.1) is 6.92 Å². The number of aryl methyl sites for hydroxylation is 2. The van der Waals surface area contributed by atoms with Gasteiger partial charge in [0.15, 0.2) is 0 Å². The molecule has 0 saturated heterocycles. The minimum atomic E-state index is -0.128. The van der Waals surface area contributed by atoms with Crippen molar-refractivity contribution >= 4 is 16.8 Å². The average molecular weight is 322 g/mol. The Morgan fingerprint density at radius 3 is 2.83 bits per heavy atom. The first-order valence-corrected chi connectivity index (χ1v) is 7.76. The molecule has 0 atom stereocenters. The maximum absolute atomic E-state index is 12.5. The SMILES string of the molecule is Cc1cccc2c(=O)n(CCC(=O)NCc3ccccn3)cnc12. The molecule has 0 aliphatic rings. The molecule has 2 aromatic heterocycles. The first-order valence-electron chi connectivity index (χ1n) is 7.76. The van der Waals surface area contributed by atoms with Crippen molar-refractivity contribution in [2.45, 2.75) is 26.4 Å². The molecule has 2 heterocycles. The van der Waals surface area contributed by atoms with Crippen molar-refractivity contribution in [2.75, 3.05) is 0 Å². The van der Waals surface area contributed by atoms with E-state index in [0.717, 1.165) is 11.3 Å². The van der Waals surface area contributed by atoms with E-state index in [2.05, 4.69) is 15.3 Å². The number of pyridine rings is 1. The maximum Gasteiger partial charge on any atom is 0.261 e. The van der Waals surface area contributed by atoms with Gasteiger partial charge in [0.25, 0.3) is 5.56 Å². The summed E-state index contributed by atoms with van der Waals surface area (Å²) in [5, 5.41) is 3.37. The van der Waals surface area contributed by atoms with Crippen LogP contribution in [-0.2, 0) is 17.9 Å². The molecule has 0 unspecified atom stereocenters. The Labute approximate surface area is 139 Å². The Balaban J connectivity index is 1.64. The van der Waals surface area contributed by atoms with Gasteiger partial charge in [-0.3, -0.25) is 19.1 Å². The first kappa shape index (κ1) is 15.9. The summed E-state index contributed by atoms with van der Waals surface area (Å²) in [6, 6.07) is 11.1. The van der Waals surface area contributed by atoms with E-state index in [1.165, 1.54) is 10.9 Å². The zero-order valence-corrected chi connectivity index (χ0v) is 13.4. The summed E-state index contributed by atoms with van der Waals surface area (Å²) in [6.07, 6.45) is 3.40. The van der Waals surface area contributed by atoms with Crippen LogP contribution in [0.3, 0.4) is 0 Å². The van der Waals surface area contributed by atoms with Crippen molar-refractivity contribution in [3.63, 3.8) is 0 Å². The third-order valence-corrected chi connectivity index (χ3v) is 3.83. The van der Waals surface area contributed by atoms with Gasteiger partial charge >= 0.3 is 0 Å². The number of aromatic nitrogens is 3. The van der Waals surface area contributed by atoms with Crippen molar-refractivity contribution in [3.8, 4) is 0 Å². The fourth-order valence-corrected chi connectivity index (χ4v) is 2.50. The molecule has 3 rings (SSSR count). The Morgan fingerprint density at radius 1 is 1.17 bits per heavy atom. The highest BCUT2D eigenvalue weighted by atomic mass is 16.1. The molecule has 1 aromatic carbocycles. The molecule has 122 valence electrons. The van der Waals surface area contributed by atoms with E-state index in [1.807, 2.05) is 37.3 Å². The minimum absolute atomic E-state index is 0.124. The van der Waals surface area contributed by atoms with Crippen LogP contribution in [0.5, 0.6) is 0 Å². The van der Waals surface area contributed by atoms with Crippen molar-refractivity contribution in [1.82, 2.24) is 19.9 Å². The second kappa shape index (κ2) is 7.04. The van der Waals surface area contributed by atoms with Crippen molar-refractivity contribution in [3.05, 3.63) is 70.5 Å².